The molecule has 86 valence electrons. The summed E-state index contributed by atoms with van der Waals surface area (Å²) in [4.78, 5) is 0. The highest BCUT2D eigenvalue weighted by molar-refractivity contribution is 5.90. The fourth-order valence-corrected chi connectivity index (χ4v) is 1.31. The standard InChI is InChI=1S/C10H14N4O2/c1-15-9-3-8(6-14-12)10(16-2)4-7(9)5-13-11/h3-6H,11-12H2,1-2H3/b13-5+,14-6+. The van der Waals surface area contributed by atoms with E-state index in [4.69, 9.17) is 21.2 Å². The van der Waals surface area contributed by atoms with Crippen molar-refractivity contribution in [1.29, 1.82) is 0 Å². The predicted molar refractivity (Wildman–Crippen MR) is 63.1 cm³/mol. The summed E-state index contributed by atoms with van der Waals surface area (Å²) in [5, 5.41) is 6.89. The average molecular weight is 222 g/mol. The van der Waals surface area contributed by atoms with Gasteiger partial charge in [-0.25, -0.2) is 0 Å². The van der Waals surface area contributed by atoms with Gasteiger partial charge in [-0.1, -0.05) is 0 Å². The fourth-order valence-electron chi connectivity index (χ4n) is 1.31. The van der Waals surface area contributed by atoms with E-state index in [1.54, 1.807) is 26.4 Å². The molecule has 0 aliphatic heterocycles. The maximum atomic E-state index is 5.18. The minimum atomic E-state index is 0.616. The summed E-state index contributed by atoms with van der Waals surface area (Å²) >= 11 is 0. The predicted octanol–water partition coefficient (Wildman–Crippen LogP) is 0.289. The summed E-state index contributed by atoms with van der Waals surface area (Å²) in [6.07, 6.45) is 2.95. The maximum absolute atomic E-state index is 5.18. The Bertz CT molecular complexity index is 376. The van der Waals surface area contributed by atoms with Crippen LogP contribution < -0.4 is 21.2 Å². The van der Waals surface area contributed by atoms with Crippen molar-refractivity contribution in [3.05, 3.63) is 23.3 Å². The number of ether oxygens (including phenoxy) is 2. The lowest BCUT2D eigenvalue weighted by Crippen LogP contribution is -1.99. The zero-order valence-electron chi connectivity index (χ0n) is 9.18. The summed E-state index contributed by atoms with van der Waals surface area (Å²) in [5.74, 6) is 11.4. The molecule has 0 aliphatic carbocycles. The van der Waals surface area contributed by atoms with E-state index in [9.17, 15) is 0 Å². The van der Waals surface area contributed by atoms with E-state index >= 15 is 0 Å². The van der Waals surface area contributed by atoms with Crippen LogP contribution in [0.3, 0.4) is 0 Å². The zero-order chi connectivity index (χ0) is 12.0. The number of methoxy groups -OCH3 is 2. The van der Waals surface area contributed by atoms with Crippen molar-refractivity contribution in [2.75, 3.05) is 14.2 Å². The smallest absolute Gasteiger partial charge is 0.128 e. The van der Waals surface area contributed by atoms with Crippen molar-refractivity contribution < 1.29 is 9.47 Å². The van der Waals surface area contributed by atoms with Crippen molar-refractivity contribution in [1.82, 2.24) is 0 Å². The number of hydrogen-bond donors (Lipinski definition) is 2. The van der Waals surface area contributed by atoms with Gasteiger partial charge in [0.15, 0.2) is 0 Å². The molecule has 16 heavy (non-hydrogen) atoms. The first-order chi connectivity index (χ1) is 7.76. The van der Waals surface area contributed by atoms with Gasteiger partial charge in [-0.05, 0) is 12.1 Å². The number of benzene rings is 1. The van der Waals surface area contributed by atoms with E-state index in [0.29, 0.717) is 11.5 Å². The van der Waals surface area contributed by atoms with Gasteiger partial charge in [0.05, 0.1) is 26.6 Å². The van der Waals surface area contributed by atoms with Crippen LogP contribution in [0.25, 0.3) is 0 Å². The first-order valence-corrected chi connectivity index (χ1v) is 4.49. The first-order valence-electron chi connectivity index (χ1n) is 4.49. The third-order valence-corrected chi connectivity index (χ3v) is 2.01. The first kappa shape index (κ1) is 11.8. The normalized spacial score (nSPS) is 11.1. The van der Waals surface area contributed by atoms with Crippen LogP contribution >= 0.6 is 0 Å². The molecule has 1 aromatic rings. The highest BCUT2D eigenvalue weighted by Crippen LogP contribution is 2.26. The van der Waals surface area contributed by atoms with Gasteiger partial charge in [-0.15, -0.1) is 0 Å². The van der Waals surface area contributed by atoms with Gasteiger partial charge in [0.1, 0.15) is 11.5 Å². The number of hydrogen-bond acceptors (Lipinski definition) is 6. The largest absolute Gasteiger partial charge is 0.496 e. The van der Waals surface area contributed by atoms with Crippen LogP contribution in [0.15, 0.2) is 22.3 Å². The quantitative estimate of drug-likeness (QED) is 0.435. The van der Waals surface area contributed by atoms with E-state index in [1.807, 2.05) is 0 Å². The monoisotopic (exact) mass is 222 g/mol. The second kappa shape index (κ2) is 5.59. The van der Waals surface area contributed by atoms with Crippen molar-refractivity contribution in [3.63, 3.8) is 0 Å². The van der Waals surface area contributed by atoms with Crippen molar-refractivity contribution >= 4 is 12.4 Å². The molecule has 0 saturated carbocycles. The summed E-state index contributed by atoms with van der Waals surface area (Å²) < 4.78 is 10.4. The van der Waals surface area contributed by atoms with Gasteiger partial charge in [-0.2, -0.15) is 10.2 Å². The Morgan fingerprint density at radius 2 is 1.31 bits per heavy atom. The topological polar surface area (TPSA) is 95.2 Å². The lowest BCUT2D eigenvalue weighted by molar-refractivity contribution is 0.402. The van der Waals surface area contributed by atoms with Crippen LogP contribution in [0.1, 0.15) is 11.1 Å². The van der Waals surface area contributed by atoms with E-state index in [0.717, 1.165) is 11.1 Å². The van der Waals surface area contributed by atoms with Crippen molar-refractivity contribution in [2.24, 2.45) is 21.9 Å². The van der Waals surface area contributed by atoms with Gasteiger partial charge < -0.3 is 21.2 Å². The summed E-state index contributed by atoms with van der Waals surface area (Å²) in [6.45, 7) is 0. The number of nitrogens with two attached hydrogens (primary N) is 2. The highest BCUT2D eigenvalue weighted by Gasteiger charge is 2.08. The molecule has 0 bridgehead atoms. The molecule has 0 aromatic heterocycles. The number of nitrogens with zero attached hydrogens (tertiary/aromatic N) is 2. The van der Waals surface area contributed by atoms with Crippen LogP contribution in [-0.4, -0.2) is 26.6 Å². The lowest BCUT2D eigenvalue weighted by atomic mass is 10.1. The number of hydrazone groups is 2. The lowest BCUT2D eigenvalue weighted by Gasteiger charge is -2.09. The molecule has 0 aliphatic rings. The molecule has 0 spiro atoms. The van der Waals surface area contributed by atoms with Gasteiger partial charge in [0.25, 0.3) is 0 Å². The molecule has 6 heteroatoms. The minimum Gasteiger partial charge on any atom is -0.496 e. The molecule has 0 unspecified atom stereocenters. The van der Waals surface area contributed by atoms with Gasteiger partial charge in [0.2, 0.25) is 0 Å². The van der Waals surface area contributed by atoms with Crippen LogP contribution in [0.5, 0.6) is 11.5 Å². The molecule has 0 atom stereocenters. The highest BCUT2D eigenvalue weighted by atomic mass is 16.5. The molecule has 1 aromatic carbocycles. The Labute approximate surface area is 93.5 Å². The van der Waals surface area contributed by atoms with Gasteiger partial charge >= 0.3 is 0 Å². The average Bonchev–Trinajstić information content (AvgIpc) is 2.31. The van der Waals surface area contributed by atoms with E-state index in [1.165, 1.54) is 12.4 Å². The Kier molecular flexibility index (Phi) is 4.14. The second-order valence-electron chi connectivity index (χ2n) is 2.89. The third-order valence-electron chi connectivity index (χ3n) is 2.01. The van der Waals surface area contributed by atoms with Crippen LogP contribution in [0, 0.1) is 0 Å². The van der Waals surface area contributed by atoms with Crippen LogP contribution in [0.4, 0.5) is 0 Å². The maximum Gasteiger partial charge on any atom is 0.128 e. The fraction of sp³-hybridized carbons (Fsp3) is 0.200. The SMILES string of the molecule is COc1cc(/C=N/N)c(OC)cc1/C=N/N. The summed E-state index contributed by atoms with van der Waals surface area (Å²) in [5.41, 5.74) is 1.44. The zero-order valence-corrected chi connectivity index (χ0v) is 9.18. The molecule has 0 saturated heterocycles. The van der Waals surface area contributed by atoms with E-state index < -0.39 is 0 Å². The molecule has 0 fully saturated rings. The molecule has 6 nitrogen and oxygen atoms in total. The molecular weight excluding hydrogens is 208 g/mol. The molecule has 0 heterocycles. The van der Waals surface area contributed by atoms with E-state index in [2.05, 4.69) is 10.2 Å². The minimum absolute atomic E-state index is 0.616. The number of rotatable bonds is 4. The Morgan fingerprint density at radius 3 is 1.56 bits per heavy atom. The Balaban J connectivity index is 3.33. The molecule has 0 amide bonds. The van der Waals surface area contributed by atoms with Crippen molar-refractivity contribution in [3.8, 4) is 11.5 Å². The van der Waals surface area contributed by atoms with Crippen LogP contribution in [-0.2, 0) is 0 Å². The third kappa shape index (κ3) is 2.41. The second-order valence-corrected chi connectivity index (χ2v) is 2.89. The molecule has 0 radical (unpaired) electrons. The summed E-state index contributed by atoms with van der Waals surface area (Å²) in [7, 11) is 3.11. The van der Waals surface area contributed by atoms with E-state index in [-0.39, 0.29) is 0 Å². The van der Waals surface area contributed by atoms with Crippen molar-refractivity contribution in [2.45, 2.75) is 0 Å². The van der Waals surface area contributed by atoms with Gasteiger partial charge in [0, 0.05) is 11.1 Å². The summed E-state index contributed by atoms with van der Waals surface area (Å²) in [6, 6.07) is 3.48. The Morgan fingerprint density at radius 1 is 0.938 bits per heavy atom. The van der Waals surface area contributed by atoms with Crippen LogP contribution in [0.2, 0.25) is 0 Å². The molecule has 4 N–H and O–H groups in total. The molecule has 1 rings (SSSR count). The van der Waals surface area contributed by atoms with Gasteiger partial charge in [-0.3, -0.25) is 0 Å². The molecular formula is C10H14N4O2. The Hall–Kier alpha value is -2.24.